The summed E-state index contributed by atoms with van der Waals surface area (Å²) in [6.45, 7) is 0. The molecule has 12 nitrogen and oxygen atoms in total. The number of carbonyl (C=O) groups excluding carboxylic acids is 2. The number of rotatable bonds is 14. The number of unbranched alkanes of at least 4 members (excludes halogenated alkanes) is 2. The van der Waals surface area contributed by atoms with Gasteiger partial charge in [-0.2, -0.15) is 4.98 Å². The number of benzene rings is 1. The van der Waals surface area contributed by atoms with Gasteiger partial charge in [0.1, 0.15) is 17.6 Å². The normalized spacial score (nSPS) is 11.1. The molecule has 0 spiro atoms. The van der Waals surface area contributed by atoms with Gasteiger partial charge in [-0.3, -0.25) is 19.4 Å². The van der Waals surface area contributed by atoms with Crippen LogP contribution in [0.4, 0.5) is 17.5 Å². The Labute approximate surface area is 259 Å². The molecule has 1 amide bonds. The number of aromatic nitrogens is 4. The van der Waals surface area contributed by atoms with E-state index in [1.54, 1.807) is 12.1 Å². The van der Waals surface area contributed by atoms with Crippen molar-refractivity contribution in [2.75, 3.05) is 16.8 Å². The van der Waals surface area contributed by atoms with E-state index in [0.29, 0.717) is 12.1 Å². The predicted octanol–water partition coefficient (Wildman–Crippen LogP) is 2.77. The molecule has 0 aliphatic heterocycles. The van der Waals surface area contributed by atoms with E-state index >= 15 is 0 Å². The smallest absolute Gasteiger partial charge is 0.326 e. The molecule has 1 unspecified atom stereocenters. The molecular weight excluding hydrogens is 619 g/mol. The molecule has 0 bridgehead atoms. The number of nitrogen functional groups attached to an aromatic ring is 1. The fourth-order valence-electron chi connectivity index (χ4n) is 3.44. The molecule has 39 heavy (non-hydrogen) atoms. The average Bonchev–Trinajstić information content (AvgIpc) is 2.87. The Morgan fingerprint density at radius 3 is 2.49 bits per heavy atom. The first-order valence-corrected chi connectivity index (χ1v) is 13.4. The van der Waals surface area contributed by atoms with Gasteiger partial charge in [0.2, 0.25) is 5.95 Å². The van der Waals surface area contributed by atoms with Gasteiger partial charge < -0.3 is 51.4 Å². The number of anilines is 3. The molecular formula is C24H29N7O5S2Y-2. The van der Waals surface area contributed by atoms with E-state index < -0.39 is 23.5 Å². The van der Waals surface area contributed by atoms with E-state index in [-0.39, 0.29) is 87.3 Å². The third-order valence-corrected chi connectivity index (χ3v) is 6.31. The number of carboxylic acid groups (broad SMARTS) is 1. The number of carboxylic acids is 1. The summed E-state index contributed by atoms with van der Waals surface area (Å²) in [5, 5.41) is 14.9. The van der Waals surface area contributed by atoms with E-state index in [4.69, 9.17) is 17.4 Å². The van der Waals surface area contributed by atoms with Gasteiger partial charge in [-0.1, -0.05) is 6.42 Å². The van der Waals surface area contributed by atoms with Gasteiger partial charge in [0, 0.05) is 56.8 Å². The fraction of sp³-hybridized carbons (Fsp3) is 0.333. The van der Waals surface area contributed by atoms with Crippen molar-refractivity contribution in [2.24, 2.45) is 0 Å². The van der Waals surface area contributed by atoms with E-state index in [9.17, 15) is 24.3 Å². The number of Topliss-reactive ketones (excluding diaryl/α,β-unsaturated/α-hetero) is 1. The number of hydrogen-bond acceptors (Lipinski definition) is 11. The third-order valence-electron chi connectivity index (χ3n) is 5.35. The van der Waals surface area contributed by atoms with Crippen LogP contribution in [0, 0.1) is 7.43 Å². The Hall–Kier alpha value is -2.55. The standard InChI is InChI=1S/C23H27N7O5S2.CH3.Y/c24-23-29-19-18(21(33)30-23)28-17(12-25-19)26-14-7-5-13(6-8-14)20(32)27-16(22(34)35)10-9-15(31)4-2-1-3-11-37-36;;/h5-8,12,16,36H,1-4,9-11H2,(H,26,28)(H,27,32)(H,34,35)(H3,24,25,29,30,33);1H3;/q;-1;/p-1. The Kier molecular flexibility index (Phi) is 15.2. The number of carbonyl (C=O) groups is 3. The summed E-state index contributed by atoms with van der Waals surface area (Å²) in [5.74, 6) is -0.722. The maximum atomic E-state index is 12.6. The van der Waals surface area contributed by atoms with Crippen LogP contribution in [0.5, 0.6) is 0 Å². The molecule has 1 aromatic carbocycles. The van der Waals surface area contributed by atoms with Crippen LogP contribution in [0.2, 0.25) is 0 Å². The number of aliphatic carboxylic acids is 1. The summed E-state index contributed by atoms with van der Waals surface area (Å²) < 4.78 is 0. The number of ketones is 1. The van der Waals surface area contributed by atoms with Crippen LogP contribution in [0.15, 0.2) is 35.3 Å². The van der Waals surface area contributed by atoms with E-state index in [1.807, 2.05) is 0 Å². The first-order chi connectivity index (χ1) is 17.8. The maximum Gasteiger partial charge on any atom is 0.326 e. The topological polar surface area (TPSA) is 193 Å². The minimum absolute atomic E-state index is 0. The van der Waals surface area contributed by atoms with Gasteiger partial charge in [0.05, 0.1) is 6.20 Å². The molecule has 0 fully saturated rings. The van der Waals surface area contributed by atoms with Gasteiger partial charge >= 0.3 is 5.97 Å². The van der Waals surface area contributed by atoms with E-state index in [1.165, 1.54) is 29.1 Å². The van der Waals surface area contributed by atoms with Crippen molar-refractivity contribution in [3.05, 3.63) is 53.8 Å². The summed E-state index contributed by atoms with van der Waals surface area (Å²) in [7, 11) is 1.35. The predicted molar refractivity (Wildman–Crippen MR) is 150 cm³/mol. The summed E-state index contributed by atoms with van der Waals surface area (Å²) in [4.78, 5) is 62.8. The quantitative estimate of drug-likeness (QED) is 0.0744. The van der Waals surface area contributed by atoms with Crippen molar-refractivity contribution in [2.45, 2.75) is 44.6 Å². The van der Waals surface area contributed by atoms with Gasteiger partial charge in [-0.25, -0.2) is 14.8 Å². The second kappa shape index (κ2) is 17.2. The SMILES string of the molecule is Nc1nc2ncc(Nc3ccc(C(=O)NC(CCC(=O)CCCCCS[S-])C(=O)O)cc3)nc2c(=O)[nH]1.[CH3-].[Y]. The number of amides is 1. The largest absolute Gasteiger partial charge is 0.719 e. The van der Waals surface area contributed by atoms with Crippen molar-refractivity contribution in [3.63, 3.8) is 0 Å². The number of nitrogens with zero attached hydrogens (tertiary/aromatic N) is 3. The van der Waals surface area contributed by atoms with Crippen LogP contribution in [-0.2, 0) is 54.0 Å². The molecule has 1 radical (unpaired) electrons. The Morgan fingerprint density at radius 1 is 1.10 bits per heavy atom. The van der Waals surface area contributed by atoms with Crippen molar-refractivity contribution in [1.82, 2.24) is 25.3 Å². The van der Waals surface area contributed by atoms with Crippen LogP contribution in [-0.4, -0.2) is 54.5 Å². The van der Waals surface area contributed by atoms with Crippen LogP contribution in [0.25, 0.3) is 11.2 Å². The summed E-state index contributed by atoms with van der Waals surface area (Å²) in [6.07, 6.45) is 4.45. The van der Waals surface area contributed by atoms with Crippen molar-refractivity contribution in [1.29, 1.82) is 0 Å². The van der Waals surface area contributed by atoms with E-state index in [0.717, 1.165) is 25.0 Å². The molecule has 3 rings (SSSR count). The van der Waals surface area contributed by atoms with Crippen molar-refractivity contribution < 1.29 is 52.2 Å². The minimum atomic E-state index is -1.21. The van der Waals surface area contributed by atoms with Gasteiger partial charge in [-0.15, -0.1) is 0 Å². The summed E-state index contributed by atoms with van der Waals surface area (Å²) in [6, 6.07) is 5.02. The van der Waals surface area contributed by atoms with Crippen molar-refractivity contribution >= 4 is 68.7 Å². The monoisotopic (exact) mass is 648 g/mol. The molecule has 3 aromatic rings. The molecule has 6 N–H and O–H groups in total. The minimum Gasteiger partial charge on any atom is -0.719 e. The average molecular weight is 649 g/mol. The zero-order chi connectivity index (χ0) is 26.8. The number of nitrogens with two attached hydrogens (primary N) is 1. The summed E-state index contributed by atoms with van der Waals surface area (Å²) in [5.41, 5.74) is 5.89. The number of H-pyrrole nitrogens is 1. The molecule has 2 heterocycles. The van der Waals surface area contributed by atoms with Crippen LogP contribution in [0.3, 0.4) is 0 Å². The Balaban J connectivity index is 0.00000380. The Bertz CT molecular complexity index is 1320. The fourth-order valence-corrected chi connectivity index (χ4v) is 4.11. The maximum absolute atomic E-state index is 12.6. The number of aromatic amines is 1. The number of hydrogen-bond donors (Lipinski definition) is 5. The Morgan fingerprint density at radius 2 is 1.82 bits per heavy atom. The van der Waals surface area contributed by atoms with Gasteiger partial charge in [0.15, 0.2) is 11.2 Å². The molecule has 0 aliphatic rings. The van der Waals surface area contributed by atoms with Crippen molar-refractivity contribution in [3.8, 4) is 0 Å². The zero-order valence-corrected chi connectivity index (χ0v) is 25.8. The van der Waals surface area contributed by atoms with Crippen LogP contribution < -0.4 is 21.9 Å². The number of nitrogens with one attached hydrogen (secondary N) is 3. The molecule has 15 heteroatoms. The number of fused-ring (bicyclic) bond motifs is 1. The molecule has 207 valence electrons. The molecule has 0 saturated carbocycles. The molecule has 2 aromatic heterocycles. The molecule has 0 saturated heterocycles. The first-order valence-electron chi connectivity index (χ1n) is 11.5. The zero-order valence-electron chi connectivity index (χ0n) is 21.3. The first kappa shape index (κ1) is 34.5. The van der Waals surface area contributed by atoms with E-state index in [2.05, 4.69) is 30.6 Å². The summed E-state index contributed by atoms with van der Waals surface area (Å²) >= 11 is 4.81. The van der Waals surface area contributed by atoms with Crippen LogP contribution >= 0.6 is 10.8 Å². The molecule has 0 aliphatic carbocycles. The second-order valence-corrected chi connectivity index (χ2v) is 9.51. The van der Waals surface area contributed by atoms with Gasteiger partial charge in [-0.05, 0) is 49.3 Å². The van der Waals surface area contributed by atoms with Gasteiger partial charge in [0.25, 0.3) is 11.5 Å². The third kappa shape index (κ3) is 10.9. The molecule has 1 atom stereocenters. The second-order valence-electron chi connectivity index (χ2n) is 8.16. The van der Waals surface area contributed by atoms with Crippen LogP contribution in [0.1, 0.15) is 48.9 Å².